The summed E-state index contributed by atoms with van der Waals surface area (Å²) in [5, 5.41) is 5.60. The van der Waals surface area contributed by atoms with Crippen LogP contribution in [0.15, 0.2) is 84.9 Å². The van der Waals surface area contributed by atoms with Crippen LogP contribution in [0, 0.1) is 0 Å². The molecule has 204 valence electrons. The summed E-state index contributed by atoms with van der Waals surface area (Å²) < 4.78 is 0. The van der Waals surface area contributed by atoms with Gasteiger partial charge in [-0.05, 0) is 47.2 Å². The lowest BCUT2D eigenvalue weighted by Crippen LogP contribution is -2.53. The van der Waals surface area contributed by atoms with Gasteiger partial charge >= 0.3 is 0 Å². The lowest BCUT2D eigenvalue weighted by atomic mass is 10.0. The zero-order valence-corrected chi connectivity index (χ0v) is 23.6. The number of hydrogen-bond acceptors (Lipinski definition) is 3. The van der Waals surface area contributed by atoms with E-state index in [2.05, 4.69) is 5.32 Å². The number of anilines is 1. The van der Waals surface area contributed by atoms with Gasteiger partial charge in [-0.2, -0.15) is 0 Å². The van der Waals surface area contributed by atoms with Gasteiger partial charge in [0.1, 0.15) is 12.6 Å². The first-order valence-corrected chi connectivity index (χ1v) is 14.0. The van der Waals surface area contributed by atoms with Gasteiger partial charge in [-0.1, -0.05) is 90.8 Å². The van der Waals surface area contributed by atoms with Gasteiger partial charge in [0.05, 0.1) is 5.69 Å². The van der Waals surface area contributed by atoms with Gasteiger partial charge in [-0.15, -0.1) is 0 Å². The number of nitrogens with zero attached hydrogens (tertiary/aromatic N) is 2. The van der Waals surface area contributed by atoms with Gasteiger partial charge in [0.25, 0.3) is 5.91 Å². The Labute approximate surface area is 243 Å². The van der Waals surface area contributed by atoms with Crippen molar-refractivity contribution < 1.29 is 14.4 Å². The Kier molecular flexibility index (Phi) is 8.38. The summed E-state index contributed by atoms with van der Waals surface area (Å²) in [5.41, 5.74) is 2.81. The molecule has 0 saturated carbocycles. The normalized spacial score (nSPS) is 13.0. The molecule has 1 atom stereocenters. The molecule has 0 aliphatic carbocycles. The van der Waals surface area contributed by atoms with E-state index >= 15 is 0 Å². The van der Waals surface area contributed by atoms with Crippen molar-refractivity contribution in [2.24, 2.45) is 0 Å². The molecule has 0 bridgehead atoms. The van der Waals surface area contributed by atoms with Crippen molar-refractivity contribution in [1.29, 1.82) is 0 Å². The van der Waals surface area contributed by atoms with Crippen LogP contribution in [-0.2, 0) is 22.6 Å². The van der Waals surface area contributed by atoms with Gasteiger partial charge in [0.15, 0.2) is 0 Å². The SMILES string of the molecule is CCCNC(=O)[C@H](Cc1ccccc1)N(Cc1ccc(Cl)cc1Cl)C(=O)CN1C(=O)c2cccc3cccc1c23. The zero-order valence-electron chi connectivity index (χ0n) is 22.1. The summed E-state index contributed by atoms with van der Waals surface area (Å²) in [4.78, 5) is 44.3. The van der Waals surface area contributed by atoms with E-state index in [0.29, 0.717) is 39.8 Å². The fraction of sp³-hybridized carbons (Fsp3) is 0.219. The van der Waals surface area contributed by atoms with Gasteiger partial charge < -0.3 is 10.2 Å². The Morgan fingerprint density at radius 2 is 1.70 bits per heavy atom. The molecule has 1 aliphatic heterocycles. The average molecular weight is 575 g/mol. The van der Waals surface area contributed by atoms with Crippen molar-refractivity contribution in [1.82, 2.24) is 10.2 Å². The van der Waals surface area contributed by atoms with Gasteiger partial charge in [-0.25, -0.2) is 0 Å². The van der Waals surface area contributed by atoms with Gasteiger partial charge in [-0.3, -0.25) is 19.3 Å². The topological polar surface area (TPSA) is 69.7 Å². The lowest BCUT2D eigenvalue weighted by Gasteiger charge is -2.33. The molecule has 0 radical (unpaired) electrons. The second-order valence-electron chi connectivity index (χ2n) is 9.83. The number of benzene rings is 4. The third kappa shape index (κ3) is 5.69. The van der Waals surface area contributed by atoms with Crippen LogP contribution < -0.4 is 10.2 Å². The van der Waals surface area contributed by atoms with Crippen molar-refractivity contribution in [3.05, 3.63) is 112 Å². The molecule has 1 N–H and O–H groups in total. The molecule has 0 saturated heterocycles. The fourth-order valence-corrected chi connectivity index (χ4v) is 5.58. The minimum atomic E-state index is -0.830. The van der Waals surface area contributed by atoms with Crippen LogP contribution in [0.25, 0.3) is 10.8 Å². The van der Waals surface area contributed by atoms with E-state index in [1.54, 1.807) is 24.3 Å². The fourth-order valence-electron chi connectivity index (χ4n) is 5.12. The number of hydrogen-bond donors (Lipinski definition) is 1. The van der Waals surface area contributed by atoms with Crippen LogP contribution in [0.3, 0.4) is 0 Å². The predicted molar refractivity (Wildman–Crippen MR) is 160 cm³/mol. The molecular formula is C32H29Cl2N3O3. The Hall–Kier alpha value is -3.87. The van der Waals surface area contributed by atoms with Crippen molar-refractivity contribution in [2.45, 2.75) is 32.4 Å². The molecule has 8 heteroatoms. The Balaban J connectivity index is 1.52. The minimum absolute atomic E-state index is 0.0745. The summed E-state index contributed by atoms with van der Waals surface area (Å²) >= 11 is 12.7. The summed E-state index contributed by atoms with van der Waals surface area (Å²) in [6.45, 7) is 2.31. The van der Waals surface area contributed by atoms with E-state index in [1.165, 1.54) is 9.80 Å². The molecule has 0 spiro atoms. The minimum Gasteiger partial charge on any atom is -0.354 e. The highest BCUT2D eigenvalue weighted by atomic mass is 35.5. The lowest BCUT2D eigenvalue weighted by molar-refractivity contribution is -0.140. The van der Waals surface area contributed by atoms with E-state index in [9.17, 15) is 14.4 Å². The van der Waals surface area contributed by atoms with E-state index in [1.807, 2.05) is 67.6 Å². The molecule has 5 rings (SSSR count). The highest BCUT2D eigenvalue weighted by molar-refractivity contribution is 6.35. The van der Waals surface area contributed by atoms with Crippen molar-refractivity contribution in [2.75, 3.05) is 18.0 Å². The van der Waals surface area contributed by atoms with Crippen LogP contribution in [-0.4, -0.2) is 41.8 Å². The van der Waals surface area contributed by atoms with Crippen molar-refractivity contribution >= 4 is 57.4 Å². The summed E-state index contributed by atoms with van der Waals surface area (Å²) in [6.07, 6.45) is 1.06. The molecule has 0 fully saturated rings. The van der Waals surface area contributed by atoms with Crippen LogP contribution >= 0.6 is 23.2 Å². The predicted octanol–water partition coefficient (Wildman–Crippen LogP) is 6.27. The third-order valence-electron chi connectivity index (χ3n) is 7.12. The second kappa shape index (κ2) is 12.1. The Morgan fingerprint density at radius 3 is 2.42 bits per heavy atom. The van der Waals surface area contributed by atoms with Crippen molar-refractivity contribution in [3.63, 3.8) is 0 Å². The van der Waals surface area contributed by atoms with Gasteiger partial charge in [0.2, 0.25) is 11.8 Å². The molecule has 3 amide bonds. The summed E-state index contributed by atoms with van der Waals surface area (Å²) in [6, 6.07) is 25.1. The van der Waals surface area contributed by atoms with Crippen LogP contribution in [0.2, 0.25) is 10.0 Å². The zero-order chi connectivity index (χ0) is 28.2. The smallest absolute Gasteiger partial charge is 0.259 e. The number of nitrogens with one attached hydrogen (secondary N) is 1. The number of rotatable bonds is 10. The molecule has 4 aromatic rings. The quantitative estimate of drug-likeness (QED) is 0.243. The average Bonchev–Trinajstić information content (AvgIpc) is 3.23. The summed E-state index contributed by atoms with van der Waals surface area (Å²) in [7, 11) is 0. The van der Waals surface area contributed by atoms with E-state index in [0.717, 1.165) is 22.8 Å². The molecule has 1 heterocycles. The highest BCUT2D eigenvalue weighted by Gasteiger charge is 2.36. The maximum Gasteiger partial charge on any atom is 0.259 e. The highest BCUT2D eigenvalue weighted by Crippen LogP contribution is 2.37. The molecule has 1 aliphatic rings. The first kappa shape index (κ1) is 27.7. The first-order chi connectivity index (χ1) is 19.4. The number of amides is 3. The van der Waals surface area contributed by atoms with Crippen LogP contribution in [0.1, 0.15) is 34.8 Å². The summed E-state index contributed by atoms with van der Waals surface area (Å²) in [5.74, 6) is -0.862. The molecular weight excluding hydrogens is 545 g/mol. The Bertz CT molecular complexity index is 1570. The Morgan fingerprint density at radius 1 is 0.950 bits per heavy atom. The maximum absolute atomic E-state index is 14.2. The van der Waals surface area contributed by atoms with E-state index < -0.39 is 6.04 Å². The van der Waals surface area contributed by atoms with Crippen LogP contribution in [0.5, 0.6) is 0 Å². The molecule has 6 nitrogen and oxygen atoms in total. The van der Waals surface area contributed by atoms with E-state index in [4.69, 9.17) is 23.2 Å². The second-order valence-corrected chi connectivity index (χ2v) is 10.7. The van der Waals surface area contributed by atoms with Crippen LogP contribution in [0.4, 0.5) is 5.69 Å². The third-order valence-corrected chi connectivity index (χ3v) is 7.71. The monoisotopic (exact) mass is 573 g/mol. The largest absolute Gasteiger partial charge is 0.354 e. The number of halogens is 2. The molecule has 0 aromatic heterocycles. The molecule has 40 heavy (non-hydrogen) atoms. The molecule has 4 aromatic carbocycles. The number of carbonyl (C=O) groups excluding carboxylic acids is 3. The standard InChI is InChI=1S/C32H29Cl2N3O3/c1-2-16-35-31(39)28(17-21-8-4-3-5-9-21)36(19-23-14-15-24(33)18-26(23)34)29(38)20-37-27-13-7-11-22-10-6-12-25(30(22)27)32(37)40/h3-15,18,28H,2,16-17,19-20H2,1H3,(H,35,39)/t28-/m0/s1. The molecule has 0 unspecified atom stereocenters. The van der Waals surface area contributed by atoms with Gasteiger partial charge in [0, 0.05) is 40.5 Å². The maximum atomic E-state index is 14.2. The first-order valence-electron chi connectivity index (χ1n) is 13.3. The van der Waals surface area contributed by atoms with E-state index in [-0.39, 0.29) is 30.8 Å². The number of carbonyl (C=O) groups is 3. The van der Waals surface area contributed by atoms with Crippen molar-refractivity contribution in [3.8, 4) is 0 Å².